The molecule has 1 saturated carbocycles. The predicted molar refractivity (Wildman–Crippen MR) is 94.2 cm³/mol. The van der Waals surface area contributed by atoms with Crippen LogP contribution in [0.25, 0.3) is 0 Å². The quantitative estimate of drug-likeness (QED) is 0.894. The van der Waals surface area contributed by atoms with E-state index in [4.69, 9.17) is 4.74 Å². The molecule has 4 rings (SSSR count). The van der Waals surface area contributed by atoms with Gasteiger partial charge in [0, 0.05) is 12.6 Å². The molecule has 4 nitrogen and oxygen atoms in total. The lowest BCUT2D eigenvalue weighted by molar-refractivity contribution is -0.118. The summed E-state index contributed by atoms with van der Waals surface area (Å²) in [6, 6.07) is 13.3. The van der Waals surface area contributed by atoms with Crippen LogP contribution in [0.5, 0.6) is 5.75 Å². The van der Waals surface area contributed by atoms with E-state index < -0.39 is 0 Å². The van der Waals surface area contributed by atoms with Crippen molar-refractivity contribution in [1.82, 2.24) is 5.32 Å². The van der Waals surface area contributed by atoms with Crippen LogP contribution in [0.4, 0.5) is 10.1 Å². The van der Waals surface area contributed by atoms with Gasteiger partial charge in [-0.25, -0.2) is 4.39 Å². The van der Waals surface area contributed by atoms with Gasteiger partial charge in [0.15, 0.2) is 6.61 Å². The first-order valence-electron chi connectivity index (χ1n) is 8.72. The van der Waals surface area contributed by atoms with Crippen LogP contribution < -0.4 is 15.4 Å². The second kappa shape index (κ2) is 6.84. The molecule has 130 valence electrons. The topological polar surface area (TPSA) is 50.4 Å². The number of carbonyl (C=O) groups is 1. The van der Waals surface area contributed by atoms with E-state index in [0.717, 1.165) is 42.6 Å². The highest BCUT2D eigenvalue weighted by atomic mass is 19.1. The molecule has 1 aliphatic carbocycles. The van der Waals surface area contributed by atoms with Crippen LogP contribution in [0.2, 0.25) is 0 Å². The summed E-state index contributed by atoms with van der Waals surface area (Å²) in [5.74, 6) is 0.776. The Morgan fingerprint density at radius 3 is 2.96 bits per heavy atom. The van der Waals surface area contributed by atoms with Crippen molar-refractivity contribution in [2.24, 2.45) is 0 Å². The third-order valence-corrected chi connectivity index (χ3v) is 5.05. The van der Waals surface area contributed by atoms with Crippen molar-refractivity contribution in [1.29, 1.82) is 0 Å². The molecule has 2 atom stereocenters. The second-order valence-corrected chi connectivity index (χ2v) is 6.78. The Hall–Kier alpha value is -2.40. The predicted octanol–water partition coefficient (Wildman–Crippen LogP) is 3.58. The van der Waals surface area contributed by atoms with Gasteiger partial charge in [-0.2, -0.15) is 0 Å². The lowest BCUT2D eigenvalue weighted by Crippen LogP contribution is -2.27. The van der Waals surface area contributed by atoms with Crippen LogP contribution in [0.3, 0.4) is 0 Å². The zero-order valence-electron chi connectivity index (χ0n) is 13.9. The molecular formula is C20H21FN2O2. The zero-order chi connectivity index (χ0) is 17.2. The van der Waals surface area contributed by atoms with Crippen molar-refractivity contribution in [2.45, 2.75) is 37.8 Å². The molecule has 2 aromatic carbocycles. The maximum Gasteiger partial charge on any atom is 0.262 e. The highest BCUT2D eigenvalue weighted by molar-refractivity contribution is 5.95. The highest BCUT2D eigenvalue weighted by Gasteiger charge is 2.27. The maximum atomic E-state index is 13.9. The van der Waals surface area contributed by atoms with E-state index in [1.807, 2.05) is 30.3 Å². The minimum Gasteiger partial charge on any atom is -0.482 e. The van der Waals surface area contributed by atoms with E-state index in [0.29, 0.717) is 11.8 Å². The summed E-state index contributed by atoms with van der Waals surface area (Å²) in [5, 5.41) is 6.39. The molecule has 0 radical (unpaired) electrons. The van der Waals surface area contributed by atoms with E-state index in [-0.39, 0.29) is 24.2 Å². The third-order valence-electron chi connectivity index (χ3n) is 5.05. The van der Waals surface area contributed by atoms with Crippen LogP contribution in [0.15, 0.2) is 42.5 Å². The molecule has 0 saturated heterocycles. The summed E-state index contributed by atoms with van der Waals surface area (Å²) in [7, 11) is 0. The molecule has 2 unspecified atom stereocenters. The van der Waals surface area contributed by atoms with Crippen LogP contribution in [0.1, 0.15) is 36.3 Å². The van der Waals surface area contributed by atoms with Gasteiger partial charge in [-0.05, 0) is 54.5 Å². The standard InChI is InChI=1S/C20H21FN2O2/c21-17-4-2-1-3-16(17)14-6-7-15(10-14)22-11-13-5-8-19-18(9-13)23-20(24)12-25-19/h1-5,8-9,14-15,22H,6-7,10-12H2,(H,23,24). The Bertz CT molecular complexity index is 793. The Morgan fingerprint density at radius 1 is 1.20 bits per heavy atom. The van der Waals surface area contributed by atoms with E-state index in [1.54, 1.807) is 12.1 Å². The number of anilines is 1. The molecule has 0 spiro atoms. The van der Waals surface area contributed by atoms with E-state index in [9.17, 15) is 9.18 Å². The number of rotatable bonds is 4. The lowest BCUT2D eigenvalue weighted by Gasteiger charge is -2.19. The Kier molecular flexibility index (Phi) is 4.40. The number of halogens is 1. The fraction of sp³-hybridized carbons (Fsp3) is 0.350. The molecule has 1 fully saturated rings. The maximum absolute atomic E-state index is 13.9. The summed E-state index contributed by atoms with van der Waals surface area (Å²) in [6.45, 7) is 0.794. The molecule has 1 heterocycles. The van der Waals surface area contributed by atoms with Crippen molar-refractivity contribution >= 4 is 11.6 Å². The van der Waals surface area contributed by atoms with Crippen molar-refractivity contribution in [2.75, 3.05) is 11.9 Å². The normalized spacial score (nSPS) is 22.2. The minimum atomic E-state index is -0.124. The average Bonchev–Trinajstić information content (AvgIpc) is 3.08. The highest BCUT2D eigenvalue weighted by Crippen LogP contribution is 2.36. The average molecular weight is 340 g/mol. The van der Waals surface area contributed by atoms with Crippen LogP contribution in [0, 0.1) is 5.82 Å². The molecule has 2 aromatic rings. The first kappa shape index (κ1) is 16.1. The van der Waals surface area contributed by atoms with Crippen molar-refractivity contribution < 1.29 is 13.9 Å². The van der Waals surface area contributed by atoms with Gasteiger partial charge in [-0.3, -0.25) is 4.79 Å². The molecule has 2 aliphatic rings. The van der Waals surface area contributed by atoms with Crippen LogP contribution in [-0.4, -0.2) is 18.6 Å². The van der Waals surface area contributed by atoms with Gasteiger partial charge in [-0.1, -0.05) is 24.3 Å². The van der Waals surface area contributed by atoms with Gasteiger partial charge < -0.3 is 15.4 Å². The van der Waals surface area contributed by atoms with Crippen molar-refractivity contribution in [3.63, 3.8) is 0 Å². The molecule has 25 heavy (non-hydrogen) atoms. The van der Waals surface area contributed by atoms with Crippen LogP contribution in [-0.2, 0) is 11.3 Å². The first-order valence-corrected chi connectivity index (χ1v) is 8.72. The van der Waals surface area contributed by atoms with Gasteiger partial charge in [0.1, 0.15) is 11.6 Å². The molecule has 0 aromatic heterocycles. The second-order valence-electron chi connectivity index (χ2n) is 6.78. The van der Waals surface area contributed by atoms with Gasteiger partial charge in [0.05, 0.1) is 5.69 Å². The number of hydrogen-bond acceptors (Lipinski definition) is 3. The van der Waals surface area contributed by atoms with Crippen molar-refractivity contribution in [3.8, 4) is 5.75 Å². The Labute approximate surface area is 146 Å². The largest absolute Gasteiger partial charge is 0.482 e. The van der Waals surface area contributed by atoms with Crippen molar-refractivity contribution in [3.05, 3.63) is 59.4 Å². The van der Waals surface area contributed by atoms with E-state index >= 15 is 0 Å². The molecule has 1 aliphatic heterocycles. The summed E-state index contributed by atoms with van der Waals surface area (Å²) >= 11 is 0. The number of ether oxygens (including phenoxy) is 1. The fourth-order valence-corrected chi connectivity index (χ4v) is 3.76. The molecule has 0 bridgehead atoms. The number of carbonyl (C=O) groups excluding carboxylic acids is 1. The smallest absolute Gasteiger partial charge is 0.262 e. The summed E-state index contributed by atoms with van der Waals surface area (Å²) in [4.78, 5) is 11.4. The summed E-state index contributed by atoms with van der Waals surface area (Å²) < 4.78 is 19.3. The monoisotopic (exact) mass is 340 g/mol. The number of nitrogens with one attached hydrogen (secondary N) is 2. The molecular weight excluding hydrogens is 319 g/mol. The third kappa shape index (κ3) is 3.51. The molecule has 5 heteroatoms. The van der Waals surface area contributed by atoms with Gasteiger partial charge in [0.2, 0.25) is 0 Å². The Balaban J connectivity index is 1.36. The van der Waals surface area contributed by atoms with E-state index in [2.05, 4.69) is 10.6 Å². The zero-order valence-corrected chi connectivity index (χ0v) is 13.9. The number of fused-ring (bicyclic) bond motifs is 1. The number of amides is 1. The lowest BCUT2D eigenvalue weighted by atomic mass is 9.97. The fourth-order valence-electron chi connectivity index (χ4n) is 3.76. The van der Waals surface area contributed by atoms with Gasteiger partial charge in [0.25, 0.3) is 5.91 Å². The van der Waals surface area contributed by atoms with Gasteiger partial charge >= 0.3 is 0 Å². The summed E-state index contributed by atoms with van der Waals surface area (Å²) in [5.41, 5.74) is 2.66. The number of hydrogen-bond donors (Lipinski definition) is 2. The Morgan fingerprint density at radius 2 is 2.08 bits per heavy atom. The first-order chi connectivity index (χ1) is 12.2. The SMILES string of the molecule is O=C1COc2ccc(CNC3CCC(c4ccccc4F)C3)cc2N1. The number of benzene rings is 2. The minimum absolute atomic E-state index is 0.0735. The van der Waals surface area contributed by atoms with E-state index in [1.165, 1.54) is 0 Å². The summed E-state index contributed by atoms with van der Waals surface area (Å²) in [6.07, 6.45) is 3.00. The van der Waals surface area contributed by atoms with Crippen LogP contribution >= 0.6 is 0 Å². The molecule has 2 N–H and O–H groups in total. The van der Waals surface area contributed by atoms with Gasteiger partial charge in [-0.15, -0.1) is 0 Å². The molecule has 1 amide bonds.